The number of rotatable bonds is 2. The second-order valence-electron chi connectivity index (χ2n) is 5.02. The van der Waals surface area contributed by atoms with Gasteiger partial charge in [0.1, 0.15) is 0 Å². The highest BCUT2D eigenvalue weighted by atomic mass is 35.5. The Morgan fingerprint density at radius 2 is 1.79 bits per heavy atom. The Kier molecular flexibility index (Phi) is 4.51. The molecule has 1 aromatic carbocycles. The van der Waals surface area contributed by atoms with Gasteiger partial charge in [0.25, 0.3) is 5.91 Å². The van der Waals surface area contributed by atoms with Gasteiger partial charge in [-0.1, -0.05) is 23.2 Å². The van der Waals surface area contributed by atoms with Crippen molar-refractivity contribution in [3.8, 4) is 0 Å². The van der Waals surface area contributed by atoms with E-state index in [4.69, 9.17) is 28.3 Å². The number of carbonyl (C=O) groups excluding carboxylic acids is 1. The standard InChI is InChI=1S/C11H14Cl2N2O3S/c1-11(2,3)15-10(16)7-4-6(19(14,17)18)5-8(12)9(7)13/h4-5H,1-3H3,(H,15,16)(H2,14,17,18). The van der Waals surface area contributed by atoms with Crippen LogP contribution in [0, 0.1) is 0 Å². The molecule has 0 aromatic heterocycles. The Balaban J connectivity index is 3.36. The monoisotopic (exact) mass is 324 g/mol. The van der Waals surface area contributed by atoms with Crippen LogP contribution in [-0.4, -0.2) is 19.9 Å². The minimum absolute atomic E-state index is 0.0178. The predicted molar refractivity (Wildman–Crippen MR) is 75.1 cm³/mol. The summed E-state index contributed by atoms with van der Waals surface area (Å²) in [6.45, 7) is 5.35. The van der Waals surface area contributed by atoms with Gasteiger partial charge in [-0.25, -0.2) is 13.6 Å². The van der Waals surface area contributed by atoms with Crippen molar-refractivity contribution in [1.29, 1.82) is 0 Å². The van der Waals surface area contributed by atoms with Crippen LogP contribution in [0.25, 0.3) is 0 Å². The van der Waals surface area contributed by atoms with Crippen molar-refractivity contribution in [1.82, 2.24) is 5.32 Å². The SMILES string of the molecule is CC(C)(C)NC(=O)c1cc(S(N)(=O)=O)cc(Cl)c1Cl. The van der Waals surface area contributed by atoms with Gasteiger partial charge in [0.2, 0.25) is 10.0 Å². The molecule has 0 spiro atoms. The lowest BCUT2D eigenvalue weighted by molar-refractivity contribution is 0.0919. The molecule has 0 aliphatic heterocycles. The van der Waals surface area contributed by atoms with E-state index in [0.29, 0.717) is 0 Å². The molecule has 0 saturated heterocycles. The van der Waals surface area contributed by atoms with Crippen LogP contribution < -0.4 is 10.5 Å². The van der Waals surface area contributed by atoms with Crippen LogP contribution in [0.4, 0.5) is 0 Å². The van der Waals surface area contributed by atoms with E-state index in [2.05, 4.69) is 5.32 Å². The average molecular weight is 325 g/mol. The number of halogens is 2. The van der Waals surface area contributed by atoms with Gasteiger partial charge in [0, 0.05) is 5.54 Å². The Bertz CT molecular complexity index is 622. The number of primary sulfonamides is 1. The summed E-state index contributed by atoms with van der Waals surface area (Å²) in [4.78, 5) is 11.8. The zero-order valence-electron chi connectivity index (χ0n) is 10.6. The Morgan fingerprint density at radius 3 is 2.21 bits per heavy atom. The zero-order valence-corrected chi connectivity index (χ0v) is 12.9. The highest BCUT2D eigenvalue weighted by molar-refractivity contribution is 7.89. The van der Waals surface area contributed by atoms with Gasteiger partial charge in [-0.2, -0.15) is 0 Å². The van der Waals surface area contributed by atoms with Crippen LogP contribution in [0.1, 0.15) is 31.1 Å². The number of hydrogen-bond donors (Lipinski definition) is 2. The molecule has 1 amide bonds. The van der Waals surface area contributed by atoms with Crippen LogP contribution >= 0.6 is 23.2 Å². The number of sulfonamides is 1. The van der Waals surface area contributed by atoms with Crippen LogP contribution in [0.5, 0.6) is 0 Å². The molecule has 0 atom stereocenters. The van der Waals surface area contributed by atoms with Crippen LogP contribution in [-0.2, 0) is 10.0 Å². The number of nitrogens with one attached hydrogen (secondary N) is 1. The highest BCUT2D eigenvalue weighted by Crippen LogP contribution is 2.29. The van der Waals surface area contributed by atoms with Crippen molar-refractivity contribution in [3.05, 3.63) is 27.7 Å². The molecule has 1 rings (SSSR count). The second-order valence-corrected chi connectivity index (χ2v) is 7.36. The fourth-order valence-corrected chi connectivity index (χ4v) is 2.34. The van der Waals surface area contributed by atoms with Gasteiger partial charge in [0.15, 0.2) is 0 Å². The fourth-order valence-electron chi connectivity index (χ4n) is 1.30. The third-order valence-electron chi connectivity index (χ3n) is 2.06. The summed E-state index contributed by atoms with van der Waals surface area (Å²) < 4.78 is 22.6. The maximum Gasteiger partial charge on any atom is 0.253 e. The molecule has 0 heterocycles. The van der Waals surface area contributed by atoms with Crippen LogP contribution in [0.15, 0.2) is 17.0 Å². The van der Waals surface area contributed by atoms with Crippen molar-refractivity contribution < 1.29 is 13.2 Å². The first kappa shape index (κ1) is 16.2. The molecule has 0 aliphatic rings. The third kappa shape index (κ3) is 4.35. The van der Waals surface area contributed by atoms with E-state index < -0.39 is 21.5 Å². The molecule has 0 bridgehead atoms. The van der Waals surface area contributed by atoms with E-state index in [-0.39, 0.29) is 20.5 Å². The average Bonchev–Trinajstić information content (AvgIpc) is 2.17. The van der Waals surface area contributed by atoms with Crippen molar-refractivity contribution in [2.75, 3.05) is 0 Å². The first-order valence-corrected chi connectivity index (χ1v) is 7.56. The van der Waals surface area contributed by atoms with E-state index in [1.807, 2.05) is 0 Å². The smallest absolute Gasteiger partial charge is 0.253 e. The van der Waals surface area contributed by atoms with Crippen molar-refractivity contribution >= 4 is 39.1 Å². The molecular formula is C11H14Cl2N2O3S. The minimum atomic E-state index is -3.96. The van der Waals surface area contributed by atoms with Crippen LogP contribution in [0.2, 0.25) is 10.0 Å². The third-order valence-corrected chi connectivity index (χ3v) is 3.76. The summed E-state index contributed by atoms with van der Waals surface area (Å²) in [6.07, 6.45) is 0. The fraction of sp³-hybridized carbons (Fsp3) is 0.364. The molecule has 1 aromatic rings. The van der Waals surface area contributed by atoms with Gasteiger partial charge < -0.3 is 5.32 Å². The van der Waals surface area contributed by atoms with E-state index in [1.54, 1.807) is 20.8 Å². The zero-order chi connectivity index (χ0) is 15.0. The van der Waals surface area contributed by atoms with E-state index in [0.717, 1.165) is 12.1 Å². The maximum atomic E-state index is 12.0. The number of amides is 1. The summed E-state index contributed by atoms with van der Waals surface area (Å²) in [5.41, 5.74) is -0.530. The second kappa shape index (κ2) is 5.28. The molecule has 0 saturated carbocycles. The molecule has 0 aliphatic carbocycles. The summed E-state index contributed by atoms with van der Waals surface area (Å²) in [5.74, 6) is -0.523. The molecule has 8 heteroatoms. The van der Waals surface area contributed by atoms with Gasteiger partial charge in [-0.3, -0.25) is 4.79 Å². The molecular weight excluding hydrogens is 311 g/mol. The lowest BCUT2D eigenvalue weighted by Crippen LogP contribution is -2.40. The lowest BCUT2D eigenvalue weighted by Gasteiger charge is -2.21. The molecule has 0 unspecified atom stereocenters. The van der Waals surface area contributed by atoms with E-state index >= 15 is 0 Å². The highest BCUT2D eigenvalue weighted by Gasteiger charge is 2.22. The topological polar surface area (TPSA) is 89.3 Å². The summed E-state index contributed by atoms with van der Waals surface area (Å²) in [7, 11) is -3.96. The minimum Gasteiger partial charge on any atom is -0.347 e. The quantitative estimate of drug-likeness (QED) is 0.873. The number of carbonyl (C=O) groups is 1. The summed E-state index contributed by atoms with van der Waals surface area (Å²) in [5, 5.41) is 7.61. The number of nitrogens with two attached hydrogens (primary N) is 1. The first-order chi connectivity index (χ1) is 8.42. The molecule has 0 fully saturated rings. The van der Waals surface area contributed by atoms with Gasteiger partial charge in [-0.05, 0) is 32.9 Å². The first-order valence-electron chi connectivity index (χ1n) is 5.26. The van der Waals surface area contributed by atoms with Crippen molar-refractivity contribution in [2.24, 2.45) is 5.14 Å². The number of benzene rings is 1. The van der Waals surface area contributed by atoms with E-state index in [9.17, 15) is 13.2 Å². The van der Waals surface area contributed by atoms with Crippen LogP contribution in [0.3, 0.4) is 0 Å². The summed E-state index contributed by atoms with van der Waals surface area (Å²) >= 11 is 11.7. The number of hydrogen-bond acceptors (Lipinski definition) is 3. The molecule has 106 valence electrons. The Morgan fingerprint density at radius 1 is 1.26 bits per heavy atom. The molecule has 19 heavy (non-hydrogen) atoms. The van der Waals surface area contributed by atoms with Crippen molar-refractivity contribution in [2.45, 2.75) is 31.2 Å². The van der Waals surface area contributed by atoms with Gasteiger partial charge >= 0.3 is 0 Å². The molecule has 5 nitrogen and oxygen atoms in total. The largest absolute Gasteiger partial charge is 0.347 e. The maximum absolute atomic E-state index is 12.0. The molecule has 0 radical (unpaired) electrons. The molecule has 3 N–H and O–H groups in total. The summed E-state index contributed by atoms with van der Waals surface area (Å²) in [6, 6.07) is 2.21. The Hall–Kier alpha value is -0.820. The van der Waals surface area contributed by atoms with E-state index in [1.165, 1.54) is 0 Å². The normalized spacial score (nSPS) is 12.3. The van der Waals surface area contributed by atoms with Gasteiger partial charge in [-0.15, -0.1) is 0 Å². The lowest BCUT2D eigenvalue weighted by atomic mass is 10.1. The van der Waals surface area contributed by atoms with Gasteiger partial charge in [0.05, 0.1) is 20.5 Å². The predicted octanol–water partition coefficient (Wildman–Crippen LogP) is 2.17. The van der Waals surface area contributed by atoms with Crippen molar-refractivity contribution in [3.63, 3.8) is 0 Å². The Labute approximate surface area is 122 Å².